The smallest absolute Gasteiger partial charge is 0.305 e. The average Bonchev–Trinajstić information content (AvgIpc) is 2.27. The molecule has 0 saturated carbocycles. The lowest BCUT2D eigenvalue weighted by Gasteiger charge is -2.30. The van der Waals surface area contributed by atoms with Gasteiger partial charge in [-0.15, -0.1) is 0 Å². The highest BCUT2D eigenvalue weighted by Crippen LogP contribution is 2.23. The topological polar surface area (TPSA) is 66.4 Å². The zero-order chi connectivity index (χ0) is 14.5. The number of hydrogen-bond donors (Lipinski definition) is 2. The molecule has 1 rings (SSSR count). The molecule has 2 N–H and O–H groups in total. The number of carboxylic acids is 1. The van der Waals surface area contributed by atoms with Gasteiger partial charge in [0.15, 0.2) is 0 Å². The SMILES string of the molecule is CC(C)(C)C(CC(=O)O)NC(=O)CC1=CCCCC1. The lowest BCUT2D eigenvalue weighted by molar-refractivity contribution is -0.138. The number of carboxylic acid groups (broad SMARTS) is 1. The highest BCUT2D eigenvalue weighted by Gasteiger charge is 2.28. The fourth-order valence-corrected chi connectivity index (χ4v) is 2.27. The first kappa shape index (κ1) is 15.7. The van der Waals surface area contributed by atoms with Gasteiger partial charge in [0.2, 0.25) is 5.91 Å². The first-order chi connectivity index (χ1) is 8.79. The molecule has 0 bridgehead atoms. The first-order valence-corrected chi connectivity index (χ1v) is 6.98. The summed E-state index contributed by atoms with van der Waals surface area (Å²) in [6.07, 6.45) is 6.92. The maximum absolute atomic E-state index is 12.0. The van der Waals surface area contributed by atoms with Gasteiger partial charge in [-0.25, -0.2) is 0 Å². The van der Waals surface area contributed by atoms with Crippen LogP contribution in [0.4, 0.5) is 0 Å². The lowest BCUT2D eigenvalue weighted by Crippen LogP contribution is -2.45. The molecule has 0 saturated heterocycles. The molecule has 19 heavy (non-hydrogen) atoms. The van der Waals surface area contributed by atoms with Crippen LogP contribution in [0, 0.1) is 5.41 Å². The Morgan fingerprint density at radius 3 is 2.53 bits per heavy atom. The highest BCUT2D eigenvalue weighted by atomic mass is 16.4. The summed E-state index contributed by atoms with van der Waals surface area (Å²) in [5.41, 5.74) is 0.932. The standard InChI is InChI=1S/C15H25NO3/c1-15(2,3)12(10-14(18)19)16-13(17)9-11-7-5-4-6-8-11/h7,12H,4-6,8-10H2,1-3H3,(H,16,17)(H,18,19). The van der Waals surface area contributed by atoms with E-state index in [-0.39, 0.29) is 23.8 Å². The number of carbonyl (C=O) groups is 2. The number of aliphatic carboxylic acids is 1. The number of rotatable bonds is 5. The molecule has 4 heteroatoms. The van der Waals surface area contributed by atoms with E-state index in [4.69, 9.17) is 5.11 Å². The van der Waals surface area contributed by atoms with E-state index in [1.165, 1.54) is 12.0 Å². The summed E-state index contributed by atoms with van der Waals surface area (Å²) in [6.45, 7) is 5.84. The van der Waals surface area contributed by atoms with E-state index in [1.54, 1.807) is 0 Å². The van der Waals surface area contributed by atoms with Crippen molar-refractivity contribution in [1.82, 2.24) is 5.32 Å². The van der Waals surface area contributed by atoms with Crippen molar-refractivity contribution in [3.8, 4) is 0 Å². The number of carbonyl (C=O) groups excluding carboxylic acids is 1. The van der Waals surface area contributed by atoms with Gasteiger partial charge in [0.25, 0.3) is 0 Å². The molecular weight excluding hydrogens is 242 g/mol. The van der Waals surface area contributed by atoms with Gasteiger partial charge < -0.3 is 10.4 Å². The number of hydrogen-bond acceptors (Lipinski definition) is 2. The predicted molar refractivity (Wildman–Crippen MR) is 74.8 cm³/mol. The quantitative estimate of drug-likeness (QED) is 0.753. The summed E-state index contributed by atoms with van der Waals surface area (Å²) in [6, 6.07) is -0.332. The van der Waals surface area contributed by atoms with Crippen molar-refractivity contribution in [3.05, 3.63) is 11.6 Å². The lowest BCUT2D eigenvalue weighted by atomic mass is 9.84. The van der Waals surface area contributed by atoms with E-state index >= 15 is 0 Å². The van der Waals surface area contributed by atoms with Crippen LogP contribution < -0.4 is 5.32 Å². The third kappa shape index (κ3) is 5.90. The minimum Gasteiger partial charge on any atom is -0.481 e. The summed E-state index contributed by atoms with van der Waals surface area (Å²) in [5.74, 6) is -0.938. The van der Waals surface area contributed by atoms with Crippen molar-refractivity contribution >= 4 is 11.9 Å². The van der Waals surface area contributed by atoms with Crippen LogP contribution in [0.1, 0.15) is 59.3 Å². The van der Waals surface area contributed by atoms with Crippen LogP contribution in [0.2, 0.25) is 0 Å². The molecule has 0 fully saturated rings. The van der Waals surface area contributed by atoms with E-state index in [1.807, 2.05) is 20.8 Å². The highest BCUT2D eigenvalue weighted by molar-refractivity contribution is 5.79. The fraction of sp³-hybridized carbons (Fsp3) is 0.733. The normalized spacial score (nSPS) is 17.5. The summed E-state index contributed by atoms with van der Waals surface area (Å²) >= 11 is 0. The molecule has 0 aromatic rings. The van der Waals surface area contributed by atoms with Crippen LogP contribution in [0.3, 0.4) is 0 Å². The van der Waals surface area contributed by atoms with Crippen molar-refractivity contribution in [2.75, 3.05) is 0 Å². The largest absolute Gasteiger partial charge is 0.481 e. The Balaban J connectivity index is 2.55. The van der Waals surface area contributed by atoms with Crippen LogP contribution in [0.5, 0.6) is 0 Å². The summed E-state index contributed by atoms with van der Waals surface area (Å²) in [4.78, 5) is 22.9. The van der Waals surface area contributed by atoms with E-state index in [2.05, 4.69) is 11.4 Å². The third-order valence-corrected chi connectivity index (χ3v) is 3.53. The second-order valence-electron chi connectivity index (χ2n) is 6.37. The molecule has 0 spiro atoms. The second-order valence-corrected chi connectivity index (χ2v) is 6.37. The average molecular weight is 267 g/mol. The van der Waals surface area contributed by atoms with Crippen LogP contribution in [-0.4, -0.2) is 23.0 Å². The van der Waals surface area contributed by atoms with Crippen LogP contribution in [0.25, 0.3) is 0 Å². The predicted octanol–water partition coefficient (Wildman–Crippen LogP) is 2.88. The molecule has 1 amide bonds. The number of allylic oxidation sites excluding steroid dienone is 1. The van der Waals surface area contributed by atoms with Crippen LogP contribution >= 0.6 is 0 Å². The maximum atomic E-state index is 12.0. The summed E-state index contributed by atoms with van der Waals surface area (Å²) < 4.78 is 0. The Hall–Kier alpha value is -1.32. The van der Waals surface area contributed by atoms with Crippen molar-refractivity contribution in [2.45, 2.75) is 65.3 Å². The Bertz CT molecular complexity index is 366. The van der Waals surface area contributed by atoms with Crippen LogP contribution in [0.15, 0.2) is 11.6 Å². The van der Waals surface area contributed by atoms with Gasteiger partial charge >= 0.3 is 5.97 Å². The Labute approximate surface area is 115 Å². The zero-order valence-electron chi connectivity index (χ0n) is 12.2. The zero-order valence-corrected chi connectivity index (χ0v) is 12.2. The second kappa shape index (κ2) is 6.73. The number of amides is 1. The van der Waals surface area contributed by atoms with E-state index < -0.39 is 5.97 Å². The van der Waals surface area contributed by atoms with Crippen molar-refractivity contribution in [3.63, 3.8) is 0 Å². The van der Waals surface area contributed by atoms with Gasteiger partial charge in [-0.1, -0.05) is 32.4 Å². The van der Waals surface area contributed by atoms with E-state index in [0.717, 1.165) is 19.3 Å². The van der Waals surface area contributed by atoms with E-state index in [9.17, 15) is 9.59 Å². The molecule has 1 aliphatic rings. The van der Waals surface area contributed by atoms with Gasteiger partial charge in [-0.05, 0) is 31.1 Å². The maximum Gasteiger partial charge on any atom is 0.305 e. The van der Waals surface area contributed by atoms with Gasteiger partial charge in [0, 0.05) is 12.5 Å². The molecule has 0 radical (unpaired) electrons. The fourth-order valence-electron chi connectivity index (χ4n) is 2.27. The molecule has 1 unspecified atom stereocenters. The van der Waals surface area contributed by atoms with Gasteiger partial charge in [-0.3, -0.25) is 9.59 Å². The molecule has 1 atom stereocenters. The Morgan fingerprint density at radius 1 is 1.37 bits per heavy atom. The van der Waals surface area contributed by atoms with E-state index in [0.29, 0.717) is 6.42 Å². The summed E-state index contributed by atoms with van der Waals surface area (Å²) in [5, 5.41) is 11.8. The van der Waals surface area contributed by atoms with Gasteiger partial charge in [-0.2, -0.15) is 0 Å². The first-order valence-electron chi connectivity index (χ1n) is 6.98. The molecule has 4 nitrogen and oxygen atoms in total. The molecule has 108 valence electrons. The van der Waals surface area contributed by atoms with Gasteiger partial charge in [0.1, 0.15) is 0 Å². The number of nitrogens with one attached hydrogen (secondary N) is 1. The van der Waals surface area contributed by atoms with Crippen LogP contribution in [-0.2, 0) is 9.59 Å². The molecule has 0 heterocycles. The third-order valence-electron chi connectivity index (χ3n) is 3.53. The van der Waals surface area contributed by atoms with Crippen molar-refractivity contribution in [2.24, 2.45) is 5.41 Å². The molecular formula is C15H25NO3. The monoisotopic (exact) mass is 267 g/mol. The van der Waals surface area contributed by atoms with Crippen molar-refractivity contribution in [1.29, 1.82) is 0 Å². The Morgan fingerprint density at radius 2 is 2.05 bits per heavy atom. The van der Waals surface area contributed by atoms with Gasteiger partial charge in [0.05, 0.1) is 6.42 Å². The minimum atomic E-state index is -0.878. The minimum absolute atomic E-state index is 0.0334. The molecule has 0 aliphatic heterocycles. The Kier molecular flexibility index (Phi) is 5.58. The molecule has 0 aromatic heterocycles. The molecule has 1 aliphatic carbocycles. The van der Waals surface area contributed by atoms with Crippen molar-refractivity contribution < 1.29 is 14.7 Å². The summed E-state index contributed by atoms with van der Waals surface area (Å²) in [7, 11) is 0. The molecule has 0 aromatic carbocycles.